The van der Waals surface area contributed by atoms with Crippen LogP contribution in [0.1, 0.15) is 44.0 Å². The smallest absolute Gasteiger partial charge is 0.255 e. The van der Waals surface area contributed by atoms with Crippen molar-refractivity contribution in [3.8, 4) is 5.75 Å². The first-order valence-electron chi connectivity index (χ1n) is 9.88. The minimum Gasteiger partial charge on any atom is -0.491 e. The molecule has 0 aromatic heterocycles. The van der Waals surface area contributed by atoms with E-state index in [4.69, 9.17) is 9.47 Å². The van der Waals surface area contributed by atoms with Crippen LogP contribution in [0.5, 0.6) is 5.75 Å². The lowest BCUT2D eigenvalue weighted by Crippen LogP contribution is -2.27. The van der Waals surface area contributed by atoms with Crippen LogP contribution < -0.4 is 15.4 Å². The zero-order valence-electron chi connectivity index (χ0n) is 17.2. The monoisotopic (exact) mass is 396 g/mol. The van der Waals surface area contributed by atoms with Gasteiger partial charge in [-0.15, -0.1) is 0 Å². The SMILES string of the molecule is CC(C)(C)C(=O)Nc1ccc(NC(=O)c2ccc(OC[C@H]3CCCO3)cc2)cc1. The number of carbonyl (C=O) groups excluding carboxylic acids is 2. The molecule has 0 unspecified atom stereocenters. The summed E-state index contributed by atoms with van der Waals surface area (Å²) in [6, 6.07) is 14.1. The van der Waals surface area contributed by atoms with Gasteiger partial charge < -0.3 is 20.1 Å². The molecule has 0 saturated carbocycles. The van der Waals surface area contributed by atoms with Gasteiger partial charge in [-0.05, 0) is 61.4 Å². The number of nitrogens with one attached hydrogen (secondary N) is 2. The minimum absolute atomic E-state index is 0.0592. The second-order valence-electron chi connectivity index (χ2n) is 8.21. The number of rotatable bonds is 6. The highest BCUT2D eigenvalue weighted by atomic mass is 16.5. The molecule has 6 nitrogen and oxygen atoms in total. The number of carbonyl (C=O) groups is 2. The van der Waals surface area contributed by atoms with E-state index in [0.717, 1.165) is 25.2 Å². The van der Waals surface area contributed by atoms with Gasteiger partial charge in [-0.1, -0.05) is 20.8 Å². The molecule has 2 aromatic rings. The molecule has 0 radical (unpaired) electrons. The van der Waals surface area contributed by atoms with Crippen LogP contribution in [0.25, 0.3) is 0 Å². The highest BCUT2D eigenvalue weighted by Gasteiger charge is 2.21. The standard InChI is InChI=1S/C23H28N2O4/c1-23(2,3)22(27)25-18-10-8-17(9-11-18)24-21(26)16-6-12-19(13-7-16)29-15-20-5-4-14-28-20/h6-13,20H,4-5,14-15H2,1-3H3,(H,24,26)(H,25,27)/t20-/m1/s1. The Labute approximate surface area is 171 Å². The van der Waals surface area contributed by atoms with Crippen molar-refractivity contribution in [3.63, 3.8) is 0 Å². The van der Waals surface area contributed by atoms with E-state index in [1.165, 1.54) is 0 Å². The highest BCUT2D eigenvalue weighted by Crippen LogP contribution is 2.20. The maximum atomic E-state index is 12.4. The van der Waals surface area contributed by atoms with Crippen molar-refractivity contribution in [3.05, 3.63) is 54.1 Å². The van der Waals surface area contributed by atoms with Crippen molar-refractivity contribution in [1.29, 1.82) is 0 Å². The lowest BCUT2D eigenvalue weighted by Gasteiger charge is -2.17. The first kappa shape index (κ1) is 20.9. The molecule has 3 rings (SSSR count). The molecule has 1 aliphatic rings. The average Bonchev–Trinajstić information content (AvgIpc) is 3.21. The van der Waals surface area contributed by atoms with E-state index in [-0.39, 0.29) is 17.9 Å². The van der Waals surface area contributed by atoms with Gasteiger partial charge in [0, 0.05) is 29.0 Å². The van der Waals surface area contributed by atoms with Gasteiger partial charge in [0.05, 0.1) is 6.10 Å². The summed E-state index contributed by atoms with van der Waals surface area (Å²) < 4.78 is 11.3. The molecule has 1 fully saturated rings. The van der Waals surface area contributed by atoms with E-state index in [0.29, 0.717) is 23.5 Å². The summed E-state index contributed by atoms with van der Waals surface area (Å²) in [6.07, 6.45) is 2.27. The van der Waals surface area contributed by atoms with Gasteiger partial charge in [0.25, 0.3) is 5.91 Å². The van der Waals surface area contributed by atoms with Gasteiger partial charge in [0.15, 0.2) is 0 Å². The van der Waals surface area contributed by atoms with Gasteiger partial charge in [-0.25, -0.2) is 0 Å². The molecular formula is C23H28N2O4. The highest BCUT2D eigenvalue weighted by molar-refractivity contribution is 6.04. The lowest BCUT2D eigenvalue weighted by atomic mass is 9.95. The molecule has 1 heterocycles. The van der Waals surface area contributed by atoms with Crippen LogP contribution in [-0.4, -0.2) is 31.1 Å². The molecule has 0 bridgehead atoms. The van der Waals surface area contributed by atoms with Crippen molar-refractivity contribution in [2.75, 3.05) is 23.8 Å². The van der Waals surface area contributed by atoms with E-state index >= 15 is 0 Å². The number of hydrogen-bond donors (Lipinski definition) is 2. The van der Waals surface area contributed by atoms with Crippen LogP contribution in [0.2, 0.25) is 0 Å². The molecule has 29 heavy (non-hydrogen) atoms. The van der Waals surface area contributed by atoms with Crippen molar-refractivity contribution < 1.29 is 19.1 Å². The molecule has 1 aliphatic heterocycles. The fourth-order valence-electron chi connectivity index (χ4n) is 2.83. The average molecular weight is 396 g/mol. The fraction of sp³-hybridized carbons (Fsp3) is 0.391. The Morgan fingerprint density at radius 1 is 1.00 bits per heavy atom. The second-order valence-corrected chi connectivity index (χ2v) is 8.21. The molecule has 0 aliphatic carbocycles. The maximum absolute atomic E-state index is 12.4. The predicted molar refractivity (Wildman–Crippen MR) is 113 cm³/mol. The van der Waals surface area contributed by atoms with Crippen LogP contribution in [0.3, 0.4) is 0 Å². The fourth-order valence-corrected chi connectivity index (χ4v) is 2.83. The zero-order chi connectivity index (χ0) is 20.9. The van der Waals surface area contributed by atoms with Crippen molar-refractivity contribution in [2.45, 2.75) is 39.7 Å². The molecule has 154 valence electrons. The molecular weight excluding hydrogens is 368 g/mol. The first-order chi connectivity index (χ1) is 13.8. The predicted octanol–water partition coefficient (Wildman–Crippen LogP) is 4.48. The lowest BCUT2D eigenvalue weighted by molar-refractivity contribution is -0.123. The quantitative estimate of drug-likeness (QED) is 0.755. The summed E-state index contributed by atoms with van der Waals surface area (Å²) in [7, 11) is 0. The Balaban J connectivity index is 1.52. The van der Waals surface area contributed by atoms with E-state index in [1.54, 1.807) is 48.5 Å². The number of hydrogen-bond acceptors (Lipinski definition) is 4. The Bertz CT molecular complexity index is 833. The molecule has 1 atom stereocenters. The largest absolute Gasteiger partial charge is 0.491 e. The number of ether oxygens (including phenoxy) is 2. The molecule has 1 saturated heterocycles. The molecule has 2 N–H and O–H groups in total. The maximum Gasteiger partial charge on any atom is 0.255 e. The van der Waals surface area contributed by atoms with Crippen LogP contribution in [0.4, 0.5) is 11.4 Å². The normalized spacial score (nSPS) is 16.3. The van der Waals surface area contributed by atoms with E-state index in [1.807, 2.05) is 20.8 Å². The van der Waals surface area contributed by atoms with Gasteiger partial charge >= 0.3 is 0 Å². The van der Waals surface area contributed by atoms with Gasteiger partial charge in [-0.3, -0.25) is 9.59 Å². The topological polar surface area (TPSA) is 76.7 Å². The number of amides is 2. The zero-order valence-corrected chi connectivity index (χ0v) is 17.2. The van der Waals surface area contributed by atoms with E-state index in [9.17, 15) is 9.59 Å². The van der Waals surface area contributed by atoms with Crippen LogP contribution in [0.15, 0.2) is 48.5 Å². The van der Waals surface area contributed by atoms with Gasteiger partial charge in [-0.2, -0.15) is 0 Å². The summed E-state index contributed by atoms with van der Waals surface area (Å²) >= 11 is 0. The molecule has 2 amide bonds. The Kier molecular flexibility index (Phi) is 6.54. The Morgan fingerprint density at radius 2 is 1.62 bits per heavy atom. The second kappa shape index (κ2) is 9.09. The van der Waals surface area contributed by atoms with Crippen LogP contribution in [0, 0.1) is 5.41 Å². The minimum atomic E-state index is -0.465. The molecule has 2 aromatic carbocycles. The number of anilines is 2. The van der Waals surface area contributed by atoms with Gasteiger partial charge in [0.1, 0.15) is 12.4 Å². The Morgan fingerprint density at radius 3 is 2.17 bits per heavy atom. The van der Waals surface area contributed by atoms with Crippen molar-refractivity contribution in [1.82, 2.24) is 0 Å². The van der Waals surface area contributed by atoms with E-state index < -0.39 is 5.41 Å². The molecule has 0 spiro atoms. The van der Waals surface area contributed by atoms with Crippen molar-refractivity contribution in [2.24, 2.45) is 5.41 Å². The third kappa shape index (κ3) is 6.06. The summed E-state index contributed by atoms with van der Waals surface area (Å²) in [5, 5.41) is 5.71. The molecule has 6 heteroatoms. The van der Waals surface area contributed by atoms with Crippen LogP contribution >= 0.6 is 0 Å². The third-order valence-corrected chi connectivity index (χ3v) is 4.66. The summed E-state index contributed by atoms with van der Waals surface area (Å²) in [4.78, 5) is 24.5. The summed E-state index contributed by atoms with van der Waals surface area (Å²) in [6.45, 7) is 6.90. The Hall–Kier alpha value is -2.86. The summed E-state index contributed by atoms with van der Waals surface area (Å²) in [5.41, 5.74) is 1.42. The first-order valence-corrected chi connectivity index (χ1v) is 9.88. The van der Waals surface area contributed by atoms with Crippen molar-refractivity contribution >= 4 is 23.2 Å². The van der Waals surface area contributed by atoms with Crippen LogP contribution in [-0.2, 0) is 9.53 Å². The number of benzene rings is 2. The van der Waals surface area contributed by atoms with E-state index in [2.05, 4.69) is 10.6 Å². The third-order valence-electron chi connectivity index (χ3n) is 4.66. The van der Waals surface area contributed by atoms with Gasteiger partial charge in [0.2, 0.25) is 5.91 Å². The summed E-state index contributed by atoms with van der Waals surface area (Å²) in [5.74, 6) is 0.453.